The molecule has 0 heterocycles. The maximum Gasteiger partial charge on any atom is 0.203 e. The van der Waals surface area contributed by atoms with Crippen molar-refractivity contribution in [3.05, 3.63) is 23.9 Å². The summed E-state index contributed by atoms with van der Waals surface area (Å²) in [6, 6.07) is 3.96. The Morgan fingerprint density at radius 3 is 2.21 bits per heavy atom. The lowest BCUT2D eigenvalue weighted by Crippen LogP contribution is -2.26. The second-order valence-electron chi connectivity index (χ2n) is 7.21. The van der Waals surface area contributed by atoms with Crippen LogP contribution in [0.15, 0.2) is 23.9 Å². The smallest absolute Gasteiger partial charge is 0.203 e. The van der Waals surface area contributed by atoms with Crippen LogP contribution in [0.25, 0.3) is 0 Å². The van der Waals surface area contributed by atoms with E-state index in [1.807, 2.05) is 12.1 Å². The van der Waals surface area contributed by atoms with Gasteiger partial charge in [-0.25, -0.2) is 0 Å². The molecular formula is C20H29NO3. The zero-order chi connectivity index (χ0) is 17.3. The van der Waals surface area contributed by atoms with E-state index in [1.54, 1.807) is 21.3 Å². The Labute approximate surface area is 145 Å². The van der Waals surface area contributed by atoms with Crippen LogP contribution in [0, 0.1) is 23.7 Å². The average Bonchev–Trinajstić information content (AvgIpc) is 2.88. The lowest BCUT2D eigenvalue weighted by molar-refractivity contribution is 0.203. The number of nitrogens with one attached hydrogen (secondary N) is 1. The van der Waals surface area contributed by atoms with Crippen LogP contribution < -0.4 is 19.5 Å². The number of methoxy groups -OCH3 is 3. The standard InChI is InChI=1S/C20H29NO3/c1-12-6-7-15-13(2)9-17(16(15)8-12)21-14-10-18(22-3)20(24-5)19(11-14)23-4/h9-13,15-16,21H,6-8H2,1-5H3/t12-,13?,15+,16-/m1/s1. The van der Waals surface area contributed by atoms with E-state index in [0.717, 1.165) is 17.5 Å². The molecule has 3 rings (SSSR count). The van der Waals surface area contributed by atoms with E-state index in [1.165, 1.54) is 25.0 Å². The Morgan fingerprint density at radius 2 is 1.62 bits per heavy atom. The number of ether oxygens (including phenoxy) is 3. The Kier molecular flexibility index (Phi) is 4.93. The number of fused-ring (bicyclic) bond motifs is 1. The summed E-state index contributed by atoms with van der Waals surface area (Å²) in [5.41, 5.74) is 2.34. The fourth-order valence-electron chi connectivity index (χ4n) is 4.38. The van der Waals surface area contributed by atoms with Crippen molar-refractivity contribution in [2.75, 3.05) is 26.6 Å². The van der Waals surface area contributed by atoms with Crippen molar-refractivity contribution in [1.29, 1.82) is 0 Å². The maximum atomic E-state index is 5.46. The van der Waals surface area contributed by atoms with Crippen molar-refractivity contribution < 1.29 is 14.2 Å². The summed E-state index contributed by atoms with van der Waals surface area (Å²) >= 11 is 0. The molecule has 0 spiro atoms. The molecule has 1 aromatic carbocycles. The molecule has 24 heavy (non-hydrogen) atoms. The van der Waals surface area contributed by atoms with Crippen LogP contribution in [0.2, 0.25) is 0 Å². The molecule has 1 fully saturated rings. The minimum absolute atomic E-state index is 0.628. The number of benzene rings is 1. The summed E-state index contributed by atoms with van der Waals surface area (Å²) in [6.45, 7) is 4.72. The molecule has 132 valence electrons. The number of rotatable bonds is 5. The van der Waals surface area contributed by atoms with Crippen LogP contribution in [0.3, 0.4) is 0 Å². The normalized spacial score (nSPS) is 28.8. The third-order valence-corrected chi connectivity index (χ3v) is 5.64. The molecular weight excluding hydrogens is 302 g/mol. The molecule has 2 aliphatic carbocycles. The quantitative estimate of drug-likeness (QED) is 0.848. The van der Waals surface area contributed by atoms with E-state index < -0.39 is 0 Å². The largest absolute Gasteiger partial charge is 0.493 e. The molecule has 0 radical (unpaired) electrons. The van der Waals surface area contributed by atoms with Gasteiger partial charge in [0.2, 0.25) is 5.75 Å². The van der Waals surface area contributed by atoms with Gasteiger partial charge in [0, 0.05) is 29.4 Å². The number of anilines is 1. The summed E-state index contributed by atoms with van der Waals surface area (Å²) in [7, 11) is 4.93. The minimum Gasteiger partial charge on any atom is -0.493 e. The van der Waals surface area contributed by atoms with Crippen molar-refractivity contribution in [2.24, 2.45) is 23.7 Å². The second kappa shape index (κ2) is 6.96. The van der Waals surface area contributed by atoms with Crippen molar-refractivity contribution in [2.45, 2.75) is 33.1 Å². The van der Waals surface area contributed by atoms with E-state index in [-0.39, 0.29) is 0 Å². The molecule has 1 unspecified atom stereocenters. The van der Waals surface area contributed by atoms with E-state index in [4.69, 9.17) is 14.2 Å². The zero-order valence-corrected chi connectivity index (χ0v) is 15.4. The molecule has 0 bridgehead atoms. The van der Waals surface area contributed by atoms with Gasteiger partial charge in [-0.2, -0.15) is 0 Å². The molecule has 4 heteroatoms. The van der Waals surface area contributed by atoms with Gasteiger partial charge in [0.25, 0.3) is 0 Å². The monoisotopic (exact) mass is 331 g/mol. The van der Waals surface area contributed by atoms with Gasteiger partial charge >= 0.3 is 0 Å². The first-order valence-corrected chi connectivity index (χ1v) is 8.86. The van der Waals surface area contributed by atoms with Gasteiger partial charge in [-0.1, -0.05) is 26.3 Å². The van der Waals surface area contributed by atoms with Crippen LogP contribution in [0.4, 0.5) is 5.69 Å². The predicted octanol–water partition coefficient (Wildman–Crippen LogP) is 4.71. The highest BCUT2D eigenvalue weighted by Gasteiger charge is 2.38. The first-order valence-electron chi connectivity index (χ1n) is 8.86. The molecule has 0 amide bonds. The predicted molar refractivity (Wildman–Crippen MR) is 97.0 cm³/mol. The van der Waals surface area contributed by atoms with Crippen molar-refractivity contribution in [3.63, 3.8) is 0 Å². The molecule has 2 aliphatic rings. The summed E-state index contributed by atoms with van der Waals surface area (Å²) in [5.74, 6) is 4.87. The molecule has 0 aromatic heterocycles. The second-order valence-corrected chi connectivity index (χ2v) is 7.21. The Bertz CT molecular complexity index is 600. The molecule has 4 nitrogen and oxygen atoms in total. The molecule has 1 aromatic rings. The van der Waals surface area contributed by atoms with Gasteiger partial charge in [-0.3, -0.25) is 0 Å². The molecule has 1 saturated carbocycles. The summed E-state index contributed by atoms with van der Waals surface area (Å²) in [6.07, 6.45) is 6.38. The Morgan fingerprint density at radius 1 is 0.958 bits per heavy atom. The summed E-state index contributed by atoms with van der Waals surface area (Å²) in [4.78, 5) is 0. The lowest BCUT2D eigenvalue weighted by atomic mass is 9.73. The molecule has 0 saturated heterocycles. The topological polar surface area (TPSA) is 39.7 Å². The van der Waals surface area contributed by atoms with E-state index in [2.05, 4.69) is 25.2 Å². The highest BCUT2D eigenvalue weighted by molar-refractivity contribution is 5.64. The highest BCUT2D eigenvalue weighted by Crippen LogP contribution is 2.48. The average molecular weight is 331 g/mol. The van der Waals surface area contributed by atoms with Crippen molar-refractivity contribution >= 4 is 5.69 Å². The van der Waals surface area contributed by atoms with Gasteiger partial charge in [0.1, 0.15) is 0 Å². The van der Waals surface area contributed by atoms with Crippen LogP contribution in [0.1, 0.15) is 33.1 Å². The number of hydrogen-bond donors (Lipinski definition) is 1. The third kappa shape index (κ3) is 3.06. The third-order valence-electron chi connectivity index (χ3n) is 5.64. The maximum absolute atomic E-state index is 5.46. The zero-order valence-electron chi connectivity index (χ0n) is 15.4. The summed E-state index contributed by atoms with van der Waals surface area (Å²) in [5, 5.41) is 3.64. The lowest BCUT2D eigenvalue weighted by Gasteiger charge is -2.34. The van der Waals surface area contributed by atoms with Gasteiger partial charge < -0.3 is 19.5 Å². The number of allylic oxidation sites excluding steroid dienone is 2. The highest BCUT2D eigenvalue weighted by atomic mass is 16.5. The molecule has 1 N–H and O–H groups in total. The fourth-order valence-corrected chi connectivity index (χ4v) is 4.38. The molecule has 0 aliphatic heterocycles. The van der Waals surface area contributed by atoms with Crippen LogP contribution in [0.5, 0.6) is 17.2 Å². The van der Waals surface area contributed by atoms with Crippen LogP contribution >= 0.6 is 0 Å². The van der Waals surface area contributed by atoms with Crippen LogP contribution in [-0.2, 0) is 0 Å². The van der Waals surface area contributed by atoms with E-state index in [9.17, 15) is 0 Å². The van der Waals surface area contributed by atoms with Crippen molar-refractivity contribution in [1.82, 2.24) is 0 Å². The van der Waals surface area contributed by atoms with Crippen molar-refractivity contribution in [3.8, 4) is 17.2 Å². The molecule has 4 atom stereocenters. The van der Waals surface area contributed by atoms with Crippen LogP contribution in [-0.4, -0.2) is 21.3 Å². The number of hydrogen-bond acceptors (Lipinski definition) is 4. The van der Waals surface area contributed by atoms with Gasteiger partial charge in [0.15, 0.2) is 11.5 Å². The summed E-state index contributed by atoms with van der Waals surface area (Å²) < 4.78 is 16.3. The van der Waals surface area contributed by atoms with Gasteiger partial charge in [-0.05, 0) is 30.6 Å². The SMILES string of the molecule is COc1cc(NC2=CC(C)[C@@H]3CC[C@@H](C)C[C@@H]23)cc(OC)c1OC. The Balaban J connectivity index is 1.86. The first-order chi connectivity index (χ1) is 11.6. The van der Waals surface area contributed by atoms with Gasteiger partial charge in [0.05, 0.1) is 21.3 Å². The first kappa shape index (κ1) is 17.0. The minimum atomic E-state index is 0.628. The Hall–Kier alpha value is -1.84. The van der Waals surface area contributed by atoms with E-state index in [0.29, 0.717) is 29.1 Å². The van der Waals surface area contributed by atoms with E-state index >= 15 is 0 Å². The van der Waals surface area contributed by atoms with Gasteiger partial charge in [-0.15, -0.1) is 0 Å². The fraction of sp³-hybridized carbons (Fsp3) is 0.600.